The van der Waals surface area contributed by atoms with Gasteiger partial charge >= 0.3 is 6.61 Å². The zero-order valence-corrected chi connectivity index (χ0v) is 17.8. The van der Waals surface area contributed by atoms with Crippen molar-refractivity contribution >= 4 is 27.3 Å². The molecule has 0 fully saturated rings. The van der Waals surface area contributed by atoms with Crippen molar-refractivity contribution in [2.45, 2.75) is 19.3 Å². The second-order valence-corrected chi connectivity index (χ2v) is 8.68. The van der Waals surface area contributed by atoms with Gasteiger partial charge < -0.3 is 4.74 Å². The van der Waals surface area contributed by atoms with Crippen LogP contribution in [0.3, 0.4) is 0 Å². The fourth-order valence-corrected chi connectivity index (χ4v) is 4.50. The summed E-state index contributed by atoms with van der Waals surface area (Å²) in [6.45, 7) is -1.77. The molecule has 0 saturated heterocycles. The van der Waals surface area contributed by atoms with E-state index in [1.54, 1.807) is 24.3 Å². The number of ether oxygens (including phenoxy) is 1. The topological polar surface area (TPSA) is 82.3 Å². The molecule has 1 N–H and O–H groups in total. The molecule has 31 heavy (non-hydrogen) atoms. The SMILES string of the molecule is Cc1c(NS(=O)(=O)Cc2ccccc2Cl)c(=O)n(-c2ccc(F)c(OC(F)F)c2)n1C. The number of benzene rings is 2. The Balaban J connectivity index is 2.00. The van der Waals surface area contributed by atoms with Gasteiger partial charge in [-0.1, -0.05) is 29.8 Å². The minimum atomic E-state index is -4.02. The Morgan fingerprint density at radius 3 is 2.52 bits per heavy atom. The van der Waals surface area contributed by atoms with Crippen LogP contribution in [0, 0.1) is 12.7 Å². The van der Waals surface area contributed by atoms with Gasteiger partial charge in [0.15, 0.2) is 11.6 Å². The standard InChI is InChI=1S/C19H17ClF3N3O4S/c1-11-17(24-31(28,29)10-12-5-3-4-6-14(12)20)18(27)26(25(11)2)13-7-8-15(21)16(9-13)30-19(22)23/h3-9,19,24H,10H2,1-2H3. The zero-order valence-electron chi connectivity index (χ0n) is 16.3. The van der Waals surface area contributed by atoms with Crippen molar-refractivity contribution in [3.05, 3.63) is 74.9 Å². The first-order valence-corrected chi connectivity index (χ1v) is 10.8. The molecule has 0 aliphatic heterocycles. The molecule has 0 amide bonds. The molecule has 1 heterocycles. The van der Waals surface area contributed by atoms with E-state index >= 15 is 0 Å². The Morgan fingerprint density at radius 2 is 1.87 bits per heavy atom. The smallest absolute Gasteiger partial charge is 0.387 e. The molecule has 3 aromatic rings. The van der Waals surface area contributed by atoms with Gasteiger partial charge in [-0.05, 0) is 30.7 Å². The van der Waals surface area contributed by atoms with Crippen molar-refractivity contribution in [2.24, 2.45) is 7.05 Å². The third-order valence-corrected chi connectivity index (χ3v) is 6.06. The number of anilines is 1. The molecule has 0 saturated carbocycles. The zero-order chi connectivity index (χ0) is 22.9. The maximum atomic E-state index is 13.7. The summed E-state index contributed by atoms with van der Waals surface area (Å²) in [6.07, 6.45) is 0. The molecule has 1 aromatic heterocycles. The second kappa shape index (κ2) is 8.67. The van der Waals surface area contributed by atoms with Gasteiger partial charge in [0, 0.05) is 18.1 Å². The van der Waals surface area contributed by atoms with Crippen LogP contribution in [0.1, 0.15) is 11.3 Å². The Labute approximate surface area is 180 Å². The number of nitrogens with zero attached hydrogens (tertiary/aromatic N) is 2. The first-order chi connectivity index (χ1) is 14.5. The molecule has 2 aromatic carbocycles. The molecule has 0 spiro atoms. The van der Waals surface area contributed by atoms with Crippen molar-refractivity contribution < 1.29 is 26.3 Å². The third kappa shape index (κ3) is 4.88. The van der Waals surface area contributed by atoms with Crippen LogP contribution < -0.4 is 15.0 Å². The summed E-state index contributed by atoms with van der Waals surface area (Å²) < 4.78 is 72.7. The van der Waals surface area contributed by atoms with Crippen LogP contribution in [0.15, 0.2) is 47.3 Å². The van der Waals surface area contributed by atoms with Crippen molar-refractivity contribution in [3.63, 3.8) is 0 Å². The number of sulfonamides is 1. The quantitative estimate of drug-likeness (QED) is 0.563. The van der Waals surface area contributed by atoms with E-state index in [0.717, 1.165) is 16.8 Å². The predicted octanol–water partition coefficient (Wildman–Crippen LogP) is 3.82. The van der Waals surface area contributed by atoms with E-state index in [1.807, 2.05) is 0 Å². The van der Waals surface area contributed by atoms with E-state index in [1.165, 1.54) is 24.7 Å². The summed E-state index contributed by atoms with van der Waals surface area (Å²) >= 11 is 6.01. The summed E-state index contributed by atoms with van der Waals surface area (Å²) in [4.78, 5) is 12.9. The molecule has 7 nitrogen and oxygen atoms in total. The number of aromatic nitrogens is 2. The monoisotopic (exact) mass is 475 g/mol. The molecule has 0 atom stereocenters. The van der Waals surface area contributed by atoms with Crippen molar-refractivity contribution in [3.8, 4) is 11.4 Å². The molecule has 0 aliphatic carbocycles. The van der Waals surface area contributed by atoms with Crippen LogP contribution in [0.4, 0.5) is 18.9 Å². The van der Waals surface area contributed by atoms with E-state index in [4.69, 9.17) is 11.6 Å². The van der Waals surface area contributed by atoms with Gasteiger partial charge in [0.2, 0.25) is 10.0 Å². The average molecular weight is 476 g/mol. The minimum Gasteiger partial charge on any atom is -0.432 e. The number of hydrogen-bond acceptors (Lipinski definition) is 4. The highest BCUT2D eigenvalue weighted by Crippen LogP contribution is 2.24. The molecule has 0 aliphatic rings. The van der Waals surface area contributed by atoms with E-state index < -0.39 is 39.5 Å². The summed E-state index contributed by atoms with van der Waals surface area (Å²) in [7, 11) is -2.56. The van der Waals surface area contributed by atoms with Crippen LogP contribution >= 0.6 is 11.6 Å². The molecule has 0 bridgehead atoms. The average Bonchev–Trinajstić information content (AvgIpc) is 2.88. The molecule has 3 rings (SSSR count). The first-order valence-electron chi connectivity index (χ1n) is 8.77. The minimum absolute atomic E-state index is 0.00389. The summed E-state index contributed by atoms with van der Waals surface area (Å²) in [5.41, 5.74) is -0.428. The van der Waals surface area contributed by atoms with Crippen LogP contribution in [0.5, 0.6) is 5.75 Å². The lowest BCUT2D eigenvalue weighted by atomic mass is 10.2. The van der Waals surface area contributed by atoms with Gasteiger partial charge in [0.05, 0.1) is 17.1 Å². The van der Waals surface area contributed by atoms with Crippen molar-refractivity contribution in [2.75, 3.05) is 4.72 Å². The molecule has 12 heteroatoms. The number of alkyl halides is 2. The highest BCUT2D eigenvalue weighted by molar-refractivity contribution is 7.91. The maximum absolute atomic E-state index is 13.7. The van der Waals surface area contributed by atoms with E-state index in [-0.39, 0.29) is 22.1 Å². The van der Waals surface area contributed by atoms with Gasteiger partial charge in [-0.2, -0.15) is 8.78 Å². The highest BCUT2D eigenvalue weighted by Gasteiger charge is 2.23. The molecular formula is C19H17ClF3N3O4S. The lowest BCUT2D eigenvalue weighted by Crippen LogP contribution is -2.24. The molecule has 0 unspecified atom stereocenters. The number of nitrogens with one attached hydrogen (secondary N) is 1. The van der Waals surface area contributed by atoms with Gasteiger partial charge in [0.25, 0.3) is 5.56 Å². The third-order valence-electron chi connectivity index (χ3n) is 4.49. The van der Waals surface area contributed by atoms with E-state index in [9.17, 15) is 26.4 Å². The van der Waals surface area contributed by atoms with Crippen molar-refractivity contribution in [1.29, 1.82) is 0 Å². The predicted molar refractivity (Wildman–Crippen MR) is 110 cm³/mol. The van der Waals surface area contributed by atoms with Gasteiger partial charge in [0.1, 0.15) is 5.69 Å². The Hall–Kier alpha value is -2.92. The summed E-state index contributed by atoms with van der Waals surface area (Å²) in [5.74, 6) is -2.26. The Kier molecular flexibility index (Phi) is 6.37. The molecule has 166 valence electrons. The van der Waals surface area contributed by atoms with E-state index in [0.29, 0.717) is 5.56 Å². The van der Waals surface area contributed by atoms with Gasteiger partial charge in [-0.3, -0.25) is 14.2 Å². The Morgan fingerprint density at radius 1 is 1.19 bits per heavy atom. The van der Waals surface area contributed by atoms with Crippen LogP contribution in [0.2, 0.25) is 5.02 Å². The summed E-state index contributed by atoms with van der Waals surface area (Å²) in [6, 6.07) is 9.33. The van der Waals surface area contributed by atoms with E-state index in [2.05, 4.69) is 9.46 Å². The number of rotatable bonds is 7. The number of hydrogen-bond donors (Lipinski definition) is 1. The lowest BCUT2D eigenvalue weighted by molar-refractivity contribution is -0.0521. The molecule has 0 radical (unpaired) electrons. The lowest BCUT2D eigenvalue weighted by Gasteiger charge is -2.11. The fourth-order valence-electron chi connectivity index (χ4n) is 2.94. The molecular weight excluding hydrogens is 459 g/mol. The van der Waals surface area contributed by atoms with Crippen LogP contribution in [0.25, 0.3) is 5.69 Å². The second-order valence-electron chi connectivity index (χ2n) is 6.55. The van der Waals surface area contributed by atoms with Crippen molar-refractivity contribution in [1.82, 2.24) is 9.36 Å². The van der Waals surface area contributed by atoms with Gasteiger partial charge in [-0.25, -0.2) is 17.5 Å². The summed E-state index contributed by atoms with van der Waals surface area (Å²) in [5, 5.41) is 0.257. The maximum Gasteiger partial charge on any atom is 0.387 e. The highest BCUT2D eigenvalue weighted by atomic mass is 35.5. The largest absolute Gasteiger partial charge is 0.432 e. The van der Waals surface area contributed by atoms with Crippen LogP contribution in [-0.2, 0) is 22.8 Å². The normalized spacial score (nSPS) is 11.7. The fraction of sp³-hybridized carbons (Fsp3) is 0.211. The first kappa shape index (κ1) is 22.8. The Bertz CT molecular complexity index is 1290. The van der Waals surface area contributed by atoms with Gasteiger partial charge in [-0.15, -0.1) is 0 Å². The number of halogens is 4. The van der Waals surface area contributed by atoms with Crippen LogP contribution in [-0.4, -0.2) is 24.4 Å².